The van der Waals surface area contributed by atoms with E-state index in [4.69, 9.17) is 14.2 Å². The number of para-hydroxylation sites is 1. The molecule has 1 N–H and O–H groups in total. The molecule has 6 nitrogen and oxygen atoms in total. The summed E-state index contributed by atoms with van der Waals surface area (Å²) in [5.41, 5.74) is 0.227. The van der Waals surface area contributed by atoms with Gasteiger partial charge in [-0.15, -0.1) is 0 Å². The maximum atomic E-state index is 13.4. The first-order valence-electron chi connectivity index (χ1n) is 7.57. The minimum atomic E-state index is -0.704. The fourth-order valence-corrected chi connectivity index (χ4v) is 2.03. The summed E-state index contributed by atoms with van der Waals surface area (Å²) in [6, 6.07) is 10.3. The molecule has 0 aromatic heterocycles. The molecule has 2 rings (SSSR count). The number of halogens is 1. The third-order valence-electron chi connectivity index (χ3n) is 3.18. The van der Waals surface area contributed by atoms with Crippen LogP contribution in [0.4, 0.5) is 10.1 Å². The molecular formula is C18H18FNO5. The SMILES string of the molecule is CCOc1ccc(C(=O)OCC(=O)Nc2ccccc2F)cc1OC. The normalized spacial score (nSPS) is 10.0. The highest BCUT2D eigenvalue weighted by atomic mass is 19.1. The van der Waals surface area contributed by atoms with Crippen LogP contribution in [0.1, 0.15) is 17.3 Å². The zero-order valence-corrected chi connectivity index (χ0v) is 13.9. The largest absolute Gasteiger partial charge is 0.493 e. The lowest BCUT2D eigenvalue weighted by atomic mass is 10.2. The number of hydrogen-bond acceptors (Lipinski definition) is 5. The van der Waals surface area contributed by atoms with E-state index in [1.807, 2.05) is 6.92 Å². The van der Waals surface area contributed by atoms with E-state index >= 15 is 0 Å². The van der Waals surface area contributed by atoms with Crippen LogP contribution >= 0.6 is 0 Å². The van der Waals surface area contributed by atoms with Gasteiger partial charge in [-0.1, -0.05) is 12.1 Å². The van der Waals surface area contributed by atoms with Crippen LogP contribution in [-0.4, -0.2) is 32.2 Å². The van der Waals surface area contributed by atoms with Crippen molar-refractivity contribution in [2.45, 2.75) is 6.92 Å². The number of carbonyl (C=O) groups is 2. The number of rotatable bonds is 7. The summed E-state index contributed by atoms with van der Waals surface area (Å²) in [7, 11) is 1.45. The average Bonchev–Trinajstić information content (AvgIpc) is 2.62. The van der Waals surface area contributed by atoms with Gasteiger partial charge in [0.1, 0.15) is 5.82 Å². The lowest BCUT2D eigenvalue weighted by molar-refractivity contribution is -0.119. The third kappa shape index (κ3) is 4.94. The minimum absolute atomic E-state index is 0.0197. The zero-order chi connectivity index (χ0) is 18.2. The van der Waals surface area contributed by atoms with Crippen LogP contribution < -0.4 is 14.8 Å². The summed E-state index contributed by atoms with van der Waals surface area (Å²) in [6.45, 7) is 1.74. The number of carbonyl (C=O) groups excluding carboxylic acids is 2. The number of ether oxygens (including phenoxy) is 3. The van der Waals surface area contributed by atoms with Crippen molar-refractivity contribution < 1.29 is 28.2 Å². The van der Waals surface area contributed by atoms with E-state index in [1.54, 1.807) is 12.1 Å². The summed E-state index contributed by atoms with van der Waals surface area (Å²) in [5.74, 6) is -1.04. The Morgan fingerprint density at radius 1 is 1.12 bits per heavy atom. The second-order valence-electron chi connectivity index (χ2n) is 4.90. The van der Waals surface area contributed by atoms with Crippen molar-refractivity contribution in [3.8, 4) is 11.5 Å². The number of esters is 1. The molecular weight excluding hydrogens is 329 g/mol. The number of hydrogen-bond donors (Lipinski definition) is 1. The van der Waals surface area contributed by atoms with E-state index in [9.17, 15) is 14.0 Å². The first-order valence-corrected chi connectivity index (χ1v) is 7.57. The summed E-state index contributed by atoms with van der Waals surface area (Å²) in [5, 5.41) is 2.33. The Kier molecular flexibility index (Phi) is 6.33. The van der Waals surface area contributed by atoms with Crippen molar-refractivity contribution in [3.63, 3.8) is 0 Å². The number of amides is 1. The number of nitrogens with one attached hydrogen (secondary N) is 1. The van der Waals surface area contributed by atoms with Gasteiger partial charge in [0, 0.05) is 0 Å². The van der Waals surface area contributed by atoms with Gasteiger partial charge in [-0.25, -0.2) is 9.18 Å². The molecule has 0 radical (unpaired) electrons. The van der Waals surface area contributed by atoms with E-state index < -0.39 is 24.3 Å². The van der Waals surface area contributed by atoms with Gasteiger partial charge in [0.2, 0.25) is 0 Å². The molecule has 0 spiro atoms. The van der Waals surface area contributed by atoms with Crippen LogP contribution in [0.25, 0.3) is 0 Å². The maximum Gasteiger partial charge on any atom is 0.338 e. The second-order valence-corrected chi connectivity index (χ2v) is 4.90. The second kappa shape index (κ2) is 8.68. The Hall–Kier alpha value is -3.09. The molecule has 1 amide bonds. The van der Waals surface area contributed by atoms with Gasteiger partial charge in [0.25, 0.3) is 5.91 Å². The highest BCUT2D eigenvalue weighted by Crippen LogP contribution is 2.28. The molecule has 0 saturated carbocycles. The monoisotopic (exact) mass is 347 g/mol. The van der Waals surface area contributed by atoms with Gasteiger partial charge < -0.3 is 19.5 Å². The van der Waals surface area contributed by atoms with Gasteiger partial charge in [0.05, 0.1) is 25.0 Å². The standard InChI is InChI=1S/C18H18FNO5/c1-3-24-15-9-8-12(10-16(15)23-2)18(22)25-11-17(21)20-14-7-5-4-6-13(14)19/h4-10H,3,11H2,1-2H3,(H,20,21). The number of methoxy groups -OCH3 is 1. The molecule has 0 bridgehead atoms. The van der Waals surface area contributed by atoms with Crippen molar-refractivity contribution in [3.05, 3.63) is 53.8 Å². The smallest absolute Gasteiger partial charge is 0.338 e. The summed E-state index contributed by atoms with van der Waals surface area (Å²) in [6.07, 6.45) is 0. The minimum Gasteiger partial charge on any atom is -0.493 e. The van der Waals surface area contributed by atoms with E-state index in [0.717, 1.165) is 0 Å². The van der Waals surface area contributed by atoms with Gasteiger partial charge >= 0.3 is 5.97 Å². The summed E-state index contributed by atoms with van der Waals surface area (Å²) >= 11 is 0. The van der Waals surface area contributed by atoms with Crippen LogP contribution in [-0.2, 0) is 9.53 Å². The molecule has 0 fully saturated rings. The lowest BCUT2D eigenvalue weighted by Gasteiger charge is -2.11. The lowest BCUT2D eigenvalue weighted by Crippen LogP contribution is -2.21. The average molecular weight is 347 g/mol. The molecule has 0 unspecified atom stereocenters. The molecule has 7 heteroatoms. The molecule has 132 valence electrons. The fraction of sp³-hybridized carbons (Fsp3) is 0.222. The van der Waals surface area contributed by atoms with Crippen molar-refractivity contribution in [1.29, 1.82) is 0 Å². The van der Waals surface area contributed by atoms with E-state index in [1.165, 1.54) is 37.4 Å². The molecule has 0 aliphatic heterocycles. The predicted molar refractivity (Wildman–Crippen MR) is 89.5 cm³/mol. The van der Waals surface area contributed by atoms with Crippen LogP contribution in [0, 0.1) is 5.82 Å². The van der Waals surface area contributed by atoms with E-state index in [2.05, 4.69) is 5.32 Å². The summed E-state index contributed by atoms with van der Waals surface area (Å²) in [4.78, 5) is 23.8. The third-order valence-corrected chi connectivity index (χ3v) is 3.18. The van der Waals surface area contributed by atoms with Gasteiger partial charge in [0.15, 0.2) is 18.1 Å². The molecule has 2 aromatic carbocycles. The Bertz CT molecular complexity index is 763. The summed E-state index contributed by atoms with van der Waals surface area (Å²) < 4.78 is 28.9. The number of anilines is 1. The maximum absolute atomic E-state index is 13.4. The molecule has 0 aliphatic rings. The Morgan fingerprint density at radius 2 is 1.88 bits per heavy atom. The molecule has 0 saturated heterocycles. The van der Waals surface area contributed by atoms with Crippen LogP contribution in [0.3, 0.4) is 0 Å². The molecule has 0 atom stereocenters. The van der Waals surface area contributed by atoms with Crippen molar-refractivity contribution in [1.82, 2.24) is 0 Å². The van der Waals surface area contributed by atoms with Crippen molar-refractivity contribution in [2.24, 2.45) is 0 Å². The quantitative estimate of drug-likeness (QED) is 0.780. The molecule has 0 heterocycles. The number of benzene rings is 2. The Labute approximate surface area is 144 Å². The molecule has 2 aromatic rings. The Morgan fingerprint density at radius 3 is 2.56 bits per heavy atom. The Balaban J connectivity index is 1.95. The first kappa shape index (κ1) is 18.3. The van der Waals surface area contributed by atoms with Gasteiger partial charge in [-0.3, -0.25) is 4.79 Å². The highest BCUT2D eigenvalue weighted by molar-refractivity contribution is 5.95. The predicted octanol–water partition coefficient (Wildman–Crippen LogP) is 3.03. The van der Waals surface area contributed by atoms with Gasteiger partial charge in [-0.05, 0) is 37.3 Å². The zero-order valence-electron chi connectivity index (χ0n) is 13.9. The highest BCUT2D eigenvalue weighted by Gasteiger charge is 2.14. The first-order chi connectivity index (χ1) is 12.0. The molecule has 0 aliphatic carbocycles. The fourth-order valence-electron chi connectivity index (χ4n) is 2.03. The van der Waals surface area contributed by atoms with E-state index in [0.29, 0.717) is 18.1 Å². The molecule has 25 heavy (non-hydrogen) atoms. The van der Waals surface area contributed by atoms with Crippen molar-refractivity contribution in [2.75, 3.05) is 25.6 Å². The van der Waals surface area contributed by atoms with Crippen LogP contribution in [0.5, 0.6) is 11.5 Å². The van der Waals surface area contributed by atoms with E-state index in [-0.39, 0.29) is 11.3 Å². The van der Waals surface area contributed by atoms with Gasteiger partial charge in [-0.2, -0.15) is 0 Å². The van der Waals surface area contributed by atoms with Crippen LogP contribution in [0.15, 0.2) is 42.5 Å². The van der Waals surface area contributed by atoms with Crippen molar-refractivity contribution >= 4 is 17.6 Å². The topological polar surface area (TPSA) is 73.9 Å². The van der Waals surface area contributed by atoms with Crippen LogP contribution in [0.2, 0.25) is 0 Å².